The van der Waals surface area contributed by atoms with Crippen molar-refractivity contribution in [1.29, 1.82) is 0 Å². The van der Waals surface area contributed by atoms with E-state index in [9.17, 15) is 13.2 Å². The van der Waals surface area contributed by atoms with Gasteiger partial charge in [0.1, 0.15) is 0 Å². The fourth-order valence-electron chi connectivity index (χ4n) is 2.61. The molecule has 0 aliphatic carbocycles. The van der Waals surface area contributed by atoms with Crippen LogP contribution in [-0.2, 0) is 6.42 Å². The molecule has 0 saturated heterocycles. The summed E-state index contributed by atoms with van der Waals surface area (Å²) in [4.78, 5) is 8.54. The summed E-state index contributed by atoms with van der Waals surface area (Å²) >= 11 is 0. The van der Waals surface area contributed by atoms with Gasteiger partial charge in [0.05, 0.1) is 18.2 Å². The van der Waals surface area contributed by atoms with Crippen molar-refractivity contribution < 1.29 is 22.6 Å². The molecule has 0 N–H and O–H groups in total. The fourth-order valence-corrected chi connectivity index (χ4v) is 2.61. The van der Waals surface area contributed by atoms with Crippen LogP contribution in [0, 0.1) is 0 Å². The van der Waals surface area contributed by atoms with E-state index in [2.05, 4.69) is 16.9 Å². The lowest BCUT2D eigenvalue weighted by atomic mass is 10.0. The van der Waals surface area contributed by atoms with E-state index in [1.807, 2.05) is 24.3 Å². The number of hydrogen-bond acceptors (Lipinski definition) is 4. The number of aromatic nitrogens is 2. The minimum atomic E-state index is -4.43. The fraction of sp³-hybridized carbons (Fsp3) is 0.263. The largest absolute Gasteiger partial charge is 0.480 e. The first-order valence-corrected chi connectivity index (χ1v) is 8.04. The molecule has 3 rings (SSSR count). The van der Waals surface area contributed by atoms with E-state index in [1.54, 1.807) is 12.3 Å². The highest BCUT2D eigenvalue weighted by atomic mass is 19.4. The van der Waals surface area contributed by atoms with Crippen LogP contribution >= 0.6 is 0 Å². The van der Waals surface area contributed by atoms with Gasteiger partial charge in [0.15, 0.2) is 6.61 Å². The summed E-state index contributed by atoms with van der Waals surface area (Å²) in [5.74, 6) is 0.247. The molecule has 4 nitrogen and oxygen atoms in total. The Kier molecular flexibility index (Phi) is 4.97. The topological polar surface area (TPSA) is 44.2 Å². The number of ether oxygens (including phenoxy) is 2. The first-order valence-electron chi connectivity index (χ1n) is 8.04. The van der Waals surface area contributed by atoms with Gasteiger partial charge in [-0.15, -0.1) is 0 Å². The van der Waals surface area contributed by atoms with Crippen LogP contribution in [0.15, 0.2) is 42.6 Å². The molecule has 7 heteroatoms. The summed E-state index contributed by atoms with van der Waals surface area (Å²) in [5.41, 5.74) is 3.08. The summed E-state index contributed by atoms with van der Waals surface area (Å²) in [6.45, 7) is 0.662. The molecular weight excluding hydrogens is 345 g/mol. The highest BCUT2D eigenvalue weighted by molar-refractivity contribution is 5.95. The maximum Gasteiger partial charge on any atom is 0.422 e. The van der Waals surface area contributed by atoms with Gasteiger partial charge in [-0.05, 0) is 23.6 Å². The van der Waals surface area contributed by atoms with Gasteiger partial charge in [0.25, 0.3) is 0 Å². The molecule has 0 aliphatic heterocycles. The summed E-state index contributed by atoms with van der Waals surface area (Å²) < 4.78 is 47.3. The van der Waals surface area contributed by atoms with Crippen molar-refractivity contribution in [2.45, 2.75) is 19.5 Å². The smallest absolute Gasteiger partial charge is 0.422 e. The predicted molar refractivity (Wildman–Crippen MR) is 92.5 cm³/mol. The van der Waals surface area contributed by atoms with Crippen molar-refractivity contribution >= 4 is 10.9 Å². The molecule has 136 valence electrons. The van der Waals surface area contributed by atoms with Gasteiger partial charge >= 0.3 is 6.18 Å². The minimum absolute atomic E-state index is 0.102. The van der Waals surface area contributed by atoms with Crippen LogP contribution in [0.4, 0.5) is 13.2 Å². The molecule has 2 heterocycles. The Balaban J connectivity index is 2.11. The first kappa shape index (κ1) is 18.0. The molecule has 1 aromatic carbocycles. The third-order valence-electron chi connectivity index (χ3n) is 3.90. The van der Waals surface area contributed by atoms with Crippen LogP contribution in [0.3, 0.4) is 0 Å². The Morgan fingerprint density at radius 1 is 1.04 bits per heavy atom. The van der Waals surface area contributed by atoms with E-state index >= 15 is 0 Å². The summed E-state index contributed by atoms with van der Waals surface area (Å²) in [7, 11) is 1.49. The van der Waals surface area contributed by atoms with Gasteiger partial charge in [-0.2, -0.15) is 13.2 Å². The lowest BCUT2D eigenvalue weighted by Crippen LogP contribution is -2.19. The van der Waals surface area contributed by atoms with E-state index in [0.717, 1.165) is 12.0 Å². The van der Waals surface area contributed by atoms with Gasteiger partial charge in [0.2, 0.25) is 11.8 Å². The maximum absolute atomic E-state index is 12.4. The second-order valence-corrected chi connectivity index (χ2v) is 5.68. The Morgan fingerprint density at radius 3 is 2.38 bits per heavy atom. The van der Waals surface area contributed by atoms with E-state index in [4.69, 9.17) is 9.47 Å². The number of aryl methyl sites for hydroxylation is 1. The number of alkyl halides is 3. The number of pyridine rings is 2. The number of nitrogens with zero attached hydrogens (tertiary/aromatic N) is 2. The quantitative estimate of drug-likeness (QED) is 0.653. The van der Waals surface area contributed by atoms with Crippen molar-refractivity contribution in [2.75, 3.05) is 13.7 Å². The summed E-state index contributed by atoms with van der Waals surface area (Å²) in [6.07, 6.45) is -1.96. The van der Waals surface area contributed by atoms with Gasteiger partial charge in [-0.1, -0.05) is 31.2 Å². The van der Waals surface area contributed by atoms with Gasteiger partial charge in [0, 0.05) is 17.6 Å². The number of halogens is 3. The highest BCUT2D eigenvalue weighted by Gasteiger charge is 2.28. The van der Waals surface area contributed by atoms with Crippen LogP contribution in [-0.4, -0.2) is 29.9 Å². The molecule has 0 amide bonds. The Labute approximate surface area is 148 Å². The molecule has 0 bridgehead atoms. The third kappa shape index (κ3) is 3.87. The summed E-state index contributed by atoms with van der Waals surface area (Å²) in [5, 5.41) is 0.680. The number of hydrogen-bond donors (Lipinski definition) is 0. The molecule has 2 aromatic heterocycles. The van der Waals surface area contributed by atoms with E-state index in [-0.39, 0.29) is 5.88 Å². The van der Waals surface area contributed by atoms with Gasteiger partial charge in [-0.3, -0.25) is 0 Å². The Morgan fingerprint density at radius 2 is 1.77 bits per heavy atom. The van der Waals surface area contributed by atoms with Crippen molar-refractivity contribution in [1.82, 2.24) is 9.97 Å². The van der Waals surface area contributed by atoms with E-state index in [1.165, 1.54) is 18.7 Å². The van der Waals surface area contributed by atoms with Gasteiger partial charge < -0.3 is 9.47 Å². The number of methoxy groups -OCH3 is 1. The van der Waals surface area contributed by atoms with Crippen LogP contribution < -0.4 is 9.47 Å². The molecule has 0 radical (unpaired) electrons. The molecule has 26 heavy (non-hydrogen) atoms. The molecule has 0 spiro atoms. The molecule has 3 aromatic rings. The monoisotopic (exact) mass is 362 g/mol. The zero-order chi connectivity index (χ0) is 18.7. The second-order valence-electron chi connectivity index (χ2n) is 5.68. The number of benzene rings is 1. The highest BCUT2D eigenvalue weighted by Crippen LogP contribution is 2.35. The normalized spacial score (nSPS) is 11.6. The first-order chi connectivity index (χ1) is 12.4. The van der Waals surface area contributed by atoms with E-state index < -0.39 is 12.8 Å². The molecule has 0 atom stereocenters. The molecule has 0 saturated carbocycles. The van der Waals surface area contributed by atoms with Crippen molar-refractivity contribution in [3.63, 3.8) is 0 Å². The molecule has 0 unspecified atom stereocenters. The maximum atomic E-state index is 12.4. The number of fused-ring (bicyclic) bond motifs is 1. The number of rotatable bonds is 5. The Bertz CT molecular complexity index is 909. The van der Waals surface area contributed by atoms with Crippen molar-refractivity contribution in [3.05, 3.63) is 48.2 Å². The molecule has 0 fully saturated rings. The average molecular weight is 362 g/mol. The van der Waals surface area contributed by atoms with Gasteiger partial charge in [-0.25, -0.2) is 9.97 Å². The lowest BCUT2D eigenvalue weighted by Gasteiger charge is -2.13. The third-order valence-corrected chi connectivity index (χ3v) is 3.90. The van der Waals surface area contributed by atoms with Crippen molar-refractivity contribution in [2.24, 2.45) is 0 Å². The van der Waals surface area contributed by atoms with Crippen LogP contribution in [0.2, 0.25) is 0 Å². The zero-order valence-corrected chi connectivity index (χ0v) is 14.3. The Hall–Kier alpha value is -2.83. The molecule has 0 aliphatic rings. The summed E-state index contributed by atoms with van der Waals surface area (Å²) in [6, 6.07) is 10.8. The minimum Gasteiger partial charge on any atom is -0.480 e. The van der Waals surface area contributed by atoms with Crippen LogP contribution in [0.5, 0.6) is 11.8 Å². The standard InChI is InChI=1S/C19H17F3N2O2/c1-3-12-4-6-13(7-5-12)16-17-14(10-23-18(16)25-2)8-9-15(24-17)26-11-19(20,21)22/h4-10H,3,11H2,1-2H3. The SMILES string of the molecule is CCc1ccc(-c2c(OC)ncc3ccc(OCC(F)(F)F)nc23)cc1. The lowest BCUT2D eigenvalue weighted by molar-refractivity contribution is -0.154. The van der Waals surface area contributed by atoms with Crippen LogP contribution in [0.1, 0.15) is 12.5 Å². The zero-order valence-electron chi connectivity index (χ0n) is 14.3. The van der Waals surface area contributed by atoms with E-state index in [0.29, 0.717) is 22.3 Å². The van der Waals surface area contributed by atoms with Crippen LogP contribution in [0.25, 0.3) is 22.0 Å². The van der Waals surface area contributed by atoms with Crippen molar-refractivity contribution in [3.8, 4) is 22.9 Å². The molecular formula is C19H17F3N2O2. The second kappa shape index (κ2) is 7.19. The predicted octanol–water partition coefficient (Wildman–Crippen LogP) is 4.81. The average Bonchev–Trinajstić information content (AvgIpc) is 2.64.